The van der Waals surface area contributed by atoms with Crippen LogP contribution in [0.1, 0.15) is 11.3 Å². The van der Waals surface area contributed by atoms with Crippen LogP contribution in [0.15, 0.2) is 77.9 Å². The van der Waals surface area contributed by atoms with E-state index in [0.29, 0.717) is 24.3 Å². The summed E-state index contributed by atoms with van der Waals surface area (Å²) in [6, 6.07) is 17.7. The summed E-state index contributed by atoms with van der Waals surface area (Å²) in [5.41, 5.74) is 1.95. The largest absolute Gasteiger partial charge is 0.504 e. The van der Waals surface area contributed by atoms with Gasteiger partial charge in [-0.1, -0.05) is 36.4 Å². The van der Waals surface area contributed by atoms with Crippen LogP contribution in [0, 0.1) is 12.7 Å². The second-order valence-corrected chi connectivity index (χ2v) is 6.79. The molecule has 4 rings (SSSR count). The first-order valence-corrected chi connectivity index (χ1v) is 9.33. The molecule has 29 heavy (non-hydrogen) atoms. The summed E-state index contributed by atoms with van der Waals surface area (Å²) in [6.07, 6.45) is 4.16. The highest BCUT2D eigenvalue weighted by Crippen LogP contribution is 2.30. The lowest BCUT2D eigenvalue weighted by molar-refractivity contribution is 0.433. The van der Waals surface area contributed by atoms with Crippen molar-refractivity contribution in [3.05, 3.63) is 100 Å². The number of phenols is 1. The Hall–Kier alpha value is -3.67. The number of benzene rings is 2. The van der Waals surface area contributed by atoms with Crippen molar-refractivity contribution in [2.24, 2.45) is 0 Å². The normalized spacial score (nSPS) is 11.0. The number of aromatic nitrogens is 3. The van der Waals surface area contributed by atoms with Crippen molar-refractivity contribution in [2.45, 2.75) is 19.9 Å². The van der Waals surface area contributed by atoms with Gasteiger partial charge in [0.1, 0.15) is 11.5 Å². The molecule has 146 valence electrons. The molecule has 2 aromatic heterocycles. The van der Waals surface area contributed by atoms with Gasteiger partial charge >= 0.3 is 0 Å². The maximum atomic E-state index is 14.0. The average Bonchev–Trinajstić information content (AvgIpc) is 3.24. The number of hydrogen-bond donors (Lipinski definition) is 1. The van der Waals surface area contributed by atoms with Crippen molar-refractivity contribution in [1.82, 2.24) is 14.1 Å². The van der Waals surface area contributed by atoms with Gasteiger partial charge in [-0.3, -0.25) is 9.36 Å². The molecule has 2 aromatic carbocycles. The van der Waals surface area contributed by atoms with E-state index in [2.05, 4.69) is 4.98 Å². The summed E-state index contributed by atoms with van der Waals surface area (Å²) in [6.45, 7) is 2.08. The summed E-state index contributed by atoms with van der Waals surface area (Å²) >= 11 is 0. The number of halogens is 1. The van der Waals surface area contributed by atoms with Crippen molar-refractivity contribution in [3.63, 3.8) is 0 Å². The summed E-state index contributed by atoms with van der Waals surface area (Å²) in [4.78, 5) is 18.0. The van der Waals surface area contributed by atoms with E-state index in [1.807, 2.05) is 42.5 Å². The minimum atomic E-state index is -0.751. The molecule has 0 bridgehead atoms. The lowest BCUT2D eigenvalue weighted by atomic mass is 10.1. The first-order chi connectivity index (χ1) is 14.1. The van der Waals surface area contributed by atoms with Crippen LogP contribution in [0.2, 0.25) is 0 Å². The number of nitrogens with zero attached hydrogens (tertiary/aromatic N) is 3. The first kappa shape index (κ1) is 18.7. The average molecular weight is 389 g/mol. The van der Waals surface area contributed by atoms with Crippen molar-refractivity contribution in [2.75, 3.05) is 0 Å². The van der Waals surface area contributed by atoms with Gasteiger partial charge in [0.2, 0.25) is 0 Å². The Morgan fingerprint density at radius 3 is 2.45 bits per heavy atom. The van der Waals surface area contributed by atoms with Crippen LogP contribution in [0.25, 0.3) is 17.1 Å². The summed E-state index contributed by atoms with van der Waals surface area (Å²) in [5.74, 6) is -1.02. The smallest absolute Gasteiger partial charge is 0.278 e. The Morgan fingerprint density at radius 1 is 1.00 bits per heavy atom. The fourth-order valence-electron chi connectivity index (χ4n) is 3.43. The predicted octanol–water partition coefficient (Wildman–Crippen LogP) is 4.10. The summed E-state index contributed by atoms with van der Waals surface area (Å²) < 4.78 is 17.2. The second-order valence-electron chi connectivity index (χ2n) is 6.79. The van der Waals surface area contributed by atoms with E-state index in [4.69, 9.17) is 0 Å². The number of phenolic OH excluding ortho intramolecular Hbond substituents is 1. The van der Waals surface area contributed by atoms with Crippen LogP contribution in [-0.4, -0.2) is 19.2 Å². The van der Waals surface area contributed by atoms with Gasteiger partial charge in [-0.2, -0.15) is 0 Å². The Bertz CT molecular complexity index is 1200. The highest BCUT2D eigenvalue weighted by atomic mass is 19.1. The van der Waals surface area contributed by atoms with Gasteiger partial charge in [0, 0.05) is 18.9 Å². The summed E-state index contributed by atoms with van der Waals surface area (Å²) in [7, 11) is 0. The molecule has 0 fully saturated rings. The Labute approximate surface area is 167 Å². The maximum Gasteiger partial charge on any atom is 0.278 e. The SMILES string of the molecule is Cc1nc(-c2cccc(F)c2O)n(CCc2ccccc2)c(=O)c1-n1cccc1. The third kappa shape index (κ3) is 3.57. The van der Waals surface area contributed by atoms with Gasteiger partial charge in [-0.25, -0.2) is 9.37 Å². The molecule has 1 N–H and O–H groups in total. The van der Waals surface area contributed by atoms with Gasteiger partial charge in [0.25, 0.3) is 5.56 Å². The minimum Gasteiger partial charge on any atom is -0.504 e. The fourth-order valence-corrected chi connectivity index (χ4v) is 3.43. The van der Waals surface area contributed by atoms with E-state index < -0.39 is 11.6 Å². The number of para-hydroxylation sites is 1. The van der Waals surface area contributed by atoms with Crippen LogP contribution in [-0.2, 0) is 13.0 Å². The number of aryl methyl sites for hydroxylation is 2. The lowest BCUT2D eigenvalue weighted by Gasteiger charge is -2.17. The van der Waals surface area contributed by atoms with Gasteiger partial charge in [-0.15, -0.1) is 0 Å². The highest BCUT2D eigenvalue weighted by Gasteiger charge is 2.20. The van der Waals surface area contributed by atoms with E-state index in [0.717, 1.165) is 5.56 Å². The Kier molecular flexibility index (Phi) is 4.99. The Morgan fingerprint density at radius 2 is 1.72 bits per heavy atom. The van der Waals surface area contributed by atoms with Crippen LogP contribution in [0.4, 0.5) is 4.39 Å². The molecule has 0 radical (unpaired) electrons. The van der Waals surface area contributed by atoms with E-state index in [1.54, 1.807) is 30.0 Å². The van der Waals surface area contributed by atoms with Crippen molar-refractivity contribution in [1.29, 1.82) is 0 Å². The molecular formula is C23H20FN3O2. The monoisotopic (exact) mass is 389 g/mol. The third-order valence-corrected chi connectivity index (χ3v) is 4.88. The molecule has 6 heteroatoms. The molecule has 5 nitrogen and oxygen atoms in total. The molecule has 0 aliphatic carbocycles. The predicted molar refractivity (Wildman–Crippen MR) is 110 cm³/mol. The van der Waals surface area contributed by atoms with Crippen molar-refractivity contribution < 1.29 is 9.50 Å². The Balaban J connectivity index is 1.90. The van der Waals surface area contributed by atoms with Crippen LogP contribution < -0.4 is 5.56 Å². The molecule has 0 aliphatic heterocycles. The number of aromatic hydroxyl groups is 1. The molecule has 0 saturated carbocycles. The minimum absolute atomic E-state index is 0.192. The van der Waals surface area contributed by atoms with E-state index >= 15 is 0 Å². The maximum absolute atomic E-state index is 14.0. The van der Waals surface area contributed by atoms with Crippen LogP contribution >= 0.6 is 0 Å². The van der Waals surface area contributed by atoms with Crippen molar-refractivity contribution in [3.8, 4) is 22.8 Å². The quantitative estimate of drug-likeness (QED) is 0.559. The van der Waals surface area contributed by atoms with Gasteiger partial charge < -0.3 is 9.67 Å². The number of rotatable bonds is 5. The second kappa shape index (κ2) is 7.75. The van der Waals surface area contributed by atoms with E-state index in [1.165, 1.54) is 16.7 Å². The molecule has 4 aromatic rings. The molecule has 0 unspecified atom stereocenters. The molecule has 0 saturated heterocycles. The van der Waals surface area contributed by atoms with Crippen LogP contribution in [0.3, 0.4) is 0 Å². The topological polar surface area (TPSA) is 60.1 Å². The molecule has 0 aliphatic rings. The van der Waals surface area contributed by atoms with Gasteiger partial charge in [0.05, 0.1) is 11.3 Å². The molecule has 0 atom stereocenters. The molecule has 0 amide bonds. The standard InChI is InChI=1S/C23H20FN3O2/c1-16-20(26-13-5-6-14-26)23(29)27(15-12-17-8-3-2-4-9-17)22(25-16)18-10-7-11-19(24)21(18)28/h2-11,13-14,28H,12,15H2,1H3. The van der Waals surface area contributed by atoms with Crippen molar-refractivity contribution >= 4 is 0 Å². The fraction of sp³-hybridized carbons (Fsp3) is 0.130. The van der Waals surface area contributed by atoms with Gasteiger partial charge in [0.15, 0.2) is 11.6 Å². The summed E-state index contributed by atoms with van der Waals surface area (Å²) in [5, 5.41) is 10.3. The van der Waals surface area contributed by atoms with Gasteiger partial charge in [-0.05, 0) is 43.2 Å². The highest BCUT2D eigenvalue weighted by molar-refractivity contribution is 5.65. The number of hydrogen-bond acceptors (Lipinski definition) is 3. The van der Waals surface area contributed by atoms with E-state index in [-0.39, 0.29) is 16.9 Å². The van der Waals surface area contributed by atoms with Crippen LogP contribution in [0.5, 0.6) is 5.75 Å². The molecule has 0 spiro atoms. The lowest BCUT2D eigenvalue weighted by Crippen LogP contribution is -2.29. The van der Waals surface area contributed by atoms with E-state index in [9.17, 15) is 14.3 Å². The zero-order valence-corrected chi connectivity index (χ0v) is 15.9. The zero-order chi connectivity index (χ0) is 20.4. The zero-order valence-electron chi connectivity index (χ0n) is 15.9. The molecular weight excluding hydrogens is 369 g/mol. The molecule has 2 heterocycles. The third-order valence-electron chi connectivity index (χ3n) is 4.88. The first-order valence-electron chi connectivity index (χ1n) is 9.33.